The van der Waals surface area contributed by atoms with E-state index < -0.39 is 10.0 Å². The van der Waals surface area contributed by atoms with E-state index in [1.807, 2.05) is 6.92 Å². The molecule has 0 fully saturated rings. The van der Waals surface area contributed by atoms with Gasteiger partial charge in [-0.2, -0.15) is 0 Å². The Hall–Kier alpha value is -1.40. The fourth-order valence-corrected chi connectivity index (χ4v) is 2.69. The SMILES string of the molecule is CCCNC(=O)c1cc(S(=O)(=O)NCC)ccc1C. The van der Waals surface area contributed by atoms with Gasteiger partial charge >= 0.3 is 0 Å². The first-order chi connectivity index (χ1) is 8.92. The van der Waals surface area contributed by atoms with E-state index >= 15 is 0 Å². The number of hydrogen-bond acceptors (Lipinski definition) is 3. The quantitative estimate of drug-likeness (QED) is 0.830. The van der Waals surface area contributed by atoms with Gasteiger partial charge in [-0.25, -0.2) is 13.1 Å². The fraction of sp³-hybridized carbons (Fsp3) is 0.462. The van der Waals surface area contributed by atoms with Crippen LogP contribution in [0.25, 0.3) is 0 Å². The van der Waals surface area contributed by atoms with Gasteiger partial charge in [0.25, 0.3) is 5.91 Å². The summed E-state index contributed by atoms with van der Waals surface area (Å²) in [6, 6.07) is 4.56. The third-order valence-electron chi connectivity index (χ3n) is 2.63. The molecule has 0 aliphatic carbocycles. The number of nitrogens with one attached hydrogen (secondary N) is 2. The predicted octanol–water partition coefficient (Wildman–Crippen LogP) is 1.43. The molecule has 2 N–H and O–H groups in total. The lowest BCUT2D eigenvalue weighted by Crippen LogP contribution is -2.26. The van der Waals surface area contributed by atoms with Crippen LogP contribution in [0.4, 0.5) is 0 Å². The molecule has 1 rings (SSSR count). The molecule has 0 saturated heterocycles. The Morgan fingerprint density at radius 3 is 2.53 bits per heavy atom. The molecule has 6 heteroatoms. The Labute approximate surface area is 114 Å². The lowest BCUT2D eigenvalue weighted by molar-refractivity contribution is 0.0953. The third kappa shape index (κ3) is 4.04. The molecule has 0 aliphatic rings. The summed E-state index contributed by atoms with van der Waals surface area (Å²) in [5.41, 5.74) is 1.15. The number of amides is 1. The zero-order valence-electron chi connectivity index (χ0n) is 11.5. The molecule has 1 amide bonds. The second-order valence-electron chi connectivity index (χ2n) is 4.23. The number of carbonyl (C=O) groups excluding carboxylic acids is 1. The molecule has 0 unspecified atom stereocenters. The van der Waals surface area contributed by atoms with Gasteiger partial charge in [0.2, 0.25) is 10.0 Å². The average Bonchev–Trinajstić information content (AvgIpc) is 2.36. The van der Waals surface area contributed by atoms with Crippen LogP contribution in [0.2, 0.25) is 0 Å². The normalized spacial score (nSPS) is 11.3. The minimum atomic E-state index is -3.53. The van der Waals surface area contributed by atoms with Crippen molar-refractivity contribution in [2.45, 2.75) is 32.1 Å². The van der Waals surface area contributed by atoms with Crippen molar-refractivity contribution >= 4 is 15.9 Å². The highest BCUT2D eigenvalue weighted by atomic mass is 32.2. The molecule has 0 aliphatic heterocycles. The van der Waals surface area contributed by atoms with Crippen LogP contribution in [0.3, 0.4) is 0 Å². The minimum absolute atomic E-state index is 0.113. The highest BCUT2D eigenvalue weighted by Gasteiger charge is 2.16. The van der Waals surface area contributed by atoms with E-state index in [1.54, 1.807) is 19.9 Å². The van der Waals surface area contributed by atoms with Crippen LogP contribution in [-0.4, -0.2) is 27.4 Å². The van der Waals surface area contributed by atoms with E-state index in [4.69, 9.17) is 0 Å². The second-order valence-corrected chi connectivity index (χ2v) is 6.00. The molecule has 0 spiro atoms. The fourth-order valence-electron chi connectivity index (χ4n) is 1.62. The van der Waals surface area contributed by atoms with Crippen molar-refractivity contribution in [3.8, 4) is 0 Å². The number of aryl methyl sites for hydroxylation is 1. The number of rotatable bonds is 6. The molecule has 0 heterocycles. The summed E-state index contributed by atoms with van der Waals surface area (Å²) < 4.78 is 26.2. The Morgan fingerprint density at radius 2 is 1.95 bits per heavy atom. The minimum Gasteiger partial charge on any atom is -0.352 e. The number of hydrogen-bond donors (Lipinski definition) is 2. The van der Waals surface area contributed by atoms with Gasteiger partial charge in [0, 0.05) is 18.7 Å². The standard InChI is InChI=1S/C13H20N2O3S/c1-4-8-14-13(16)12-9-11(7-6-10(12)3)19(17,18)15-5-2/h6-7,9,15H,4-5,8H2,1-3H3,(H,14,16). The zero-order valence-corrected chi connectivity index (χ0v) is 12.3. The molecule has 0 bridgehead atoms. The average molecular weight is 284 g/mol. The van der Waals surface area contributed by atoms with Crippen molar-refractivity contribution in [1.82, 2.24) is 10.0 Å². The van der Waals surface area contributed by atoms with Crippen molar-refractivity contribution in [2.75, 3.05) is 13.1 Å². The van der Waals surface area contributed by atoms with Crippen molar-refractivity contribution in [2.24, 2.45) is 0 Å². The Balaban J connectivity index is 3.11. The van der Waals surface area contributed by atoms with Crippen molar-refractivity contribution in [3.05, 3.63) is 29.3 Å². The van der Waals surface area contributed by atoms with Crippen LogP contribution in [0.15, 0.2) is 23.1 Å². The maximum absolute atomic E-state index is 11.9. The summed E-state index contributed by atoms with van der Waals surface area (Å²) >= 11 is 0. The summed E-state index contributed by atoms with van der Waals surface area (Å²) in [7, 11) is -3.53. The zero-order chi connectivity index (χ0) is 14.5. The van der Waals surface area contributed by atoms with Crippen LogP contribution in [0, 0.1) is 6.92 Å². The van der Waals surface area contributed by atoms with E-state index in [2.05, 4.69) is 10.0 Å². The molecule has 106 valence electrons. The van der Waals surface area contributed by atoms with Crippen molar-refractivity contribution in [1.29, 1.82) is 0 Å². The Bertz CT molecular complexity index is 553. The van der Waals surface area contributed by atoms with Crippen LogP contribution < -0.4 is 10.0 Å². The first-order valence-electron chi connectivity index (χ1n) is 6.31. The maximum atomic E-state index is 11.9. The van der Waals surface area contributed by atoms with E-state index in [0.717, 1.165) is 12.0 Å². The molecule has 0 aromatic heterocycles. The molecular weight excluding hydrogens is 264 g/mol. The van der Waals surface area contributed by atoms with E-state index in [9.17, 15) is 13.2 Å². The molecule has 19 heavy (non-hydrogen) atoms. The highest BCUT2D eigenvalue weighted by Crippen LogP contribution is 2.15. The van der Waals surface area contributed by atoms with Gasteiger partial charge in [-0.3, -0.25) is 4.79 Å². The molecular formula is C13H20N2O3S. The van der Waals surface area contributed by atoms with Crippen LogP contribution >= 0.6 is 0 Å². The van der Waals surface area contributed by atoms with Crippen LogP contribution in [0.5, 0.6) is 0 Å². The Kier molecular flexibility index (Phi) is 5.50. The van der Waals surface area contributed by atoms with Gasteiger partial charge in [-0.1, -0.05) is 19.9 Å². The molecule has 0 radical (unpaired) electrons. The molecule has 1 aromatic carbocycles. The van der Waals surface area contributed by atoms with Crippen LogP contribution in [0.1, 0.15) is 36.2 Å². The van der Waals surface area contributed by atoms with Gasteiger partial charge in [0.15, 0.2) is 0 Å². The van der Waals surface area contributed by atoms with Crippen LogP contribution in [-0.2, 0) is 10.0 Å². The second kappa shape index (κ2) is 6.68. The van der Waals surface area contributed by atoms with Crippen molar-refractivity contribution in [3.63, 3.8) is 0 Å². The first kappa shape index (κ1) is 15.7. The monoisotopic (exact) mass is 284 g/mol. The predicted molar refractivity (Wildman–Crippen MR) is 74.7 cm³/mol. The topological polar surface area (TPSA) is 75.3 Å². The number of carbonyl (C=O) groups is 1. The summed E-state index contributed by atoms with van der Waals surface area (Å²) in [6.45, 7) is 6.33. The smallest absolute Gasteiger partial charge is 0.251 e. The van der Waals surface area contributed by atoms with E-state index in [1.165, 1.54) is 12.1 Å². The maximum Gasteiger partial charge on any atom is 0.251 e. The molecule has 0 atom stereocenters. The van der Waals surface area contributed by atoms with Gasteiger partial charge in [-0.05, 0) is 31.0 Å². The van der Waals surface area contributed by atoms with E-state index in [0.29, 0.717) is 18.7 Å². The number of sulfonamides is 1. The summed E-state index contributed by atoms with van der Waals surface area (Å²) in [4.78, 5) is 12.0. The van der Waals surface area contributed by atoms with Gasteiger partial charge in [0.05, 0.1) is 4.90 Å². The van der Waals surface area contributed by atoms with Gasteiger partial charge in [0.1, 0.15) is 0 Å². The summed E-state index contributed by atoms with van der Waals surface area (Å²) in [5.74, 6) is -0.243. The van der Waals surface area contributed by atoms with E-state index in [-0.39, 0.29) is 10.8 Å². The molecule has 1 aromatic rings. The summed E-state index contributed by atoms with van der Waals surface area (Å²) in [5, 5.41) is 2.75. The van der Waals surface area contributed by atoms with Gasteiger partial charge in [-0.15, -0.1) is 0 Å². The molecule has 5 nitrogen and oxygen atoms in total. The lowest BCUT2D eigenvalue weighted by atomic mass is 10.1. The molecule has 0 saturated carbocycles. The van der Waals surface area contributed by atoms with Gasteiger partial charge < -0.3 is 5.32 Å². The summed E-state index contributed by atoms with van der Waals surface area (Å²) in [6.07, 6.45) is 0.833. The highest BCUT2D eigenvalue weighted by molar-refractivity contribution is 7.89. The lowest BCUT2D eigenvalue weighted by Gasteiger charge is -2.10. The third-order valence-corrected chi connectivity index (χ3v) is 4.18. The first-order valence-corrected chi connectivity index (χ1v) is 7.79. The van der Waals surface area contributed by atoms with Crippen molar-refractivity contribution < 1.29 is 13.2 Å². The number of benzene rings is 1. The Morgan fingerprint density at radius 1 is 1.26 bits per heavy atom. The largest absolute Gasteiger partial charge is 0.352 e.